The molecule has 1 aliphatic carbocycles. The Morgan fingerprint density at radius 1 is 1.07 bits per heavy atom. The Morgan fingerprint density at radius 2 is 1.80 bits per heavy atom. The summed E-state index contributed by atoms with van der Waals surface area (Å²) in [5.41, 5.74) is 3.53. The number of hydrogen-bond acceptors (Lipinski definition) is 5. The van der Waals surface area contributed by atoms with Crippen molar-refractivity contribution in [1.82, 2.24) is 10.2 Å². The molecule has 0 saturated heterocycles. The van der Waals surface area contributed by atoms with Crippen molar-refractivity contribution in [3.63, 3.8) is 0 Å². The van der Waals surface area contributed by atoms with E-state index >= 15 is 0 Å². The molecule has 2 N–H and O–H groups in total. The van der Waals surface area contributed by atoms with Crippen LogP contribution in [0.15, 0.2) is 54.6 Å². The summed E-state index contributed by atoms with van der Waals surface area (Å²) >= 11 is 0. The van der Waals surface area contributed by atoms with Crippen molar-refractivity contribution in [3.8, 4) is 29.0 Å². The number of aromatic nitrogens is 2. The first-order valence-electron chi connectivity index (χ1n) is 10.3. The maximum absolute atomic E-state index is 9.84. The van der Waals surface area contributed by atoms with Gasteiger partial charge in [0, 0.05) is 5.92 Å². The van der Waals surface area contributed by atoms with Gasteiger partial charge in [-0.25, -0.2) is 0 Å². The van der Waals surface area contributed by atoms with Crippen LogP contribution in [0.25, 0.3) is 11.3 Å². The Balaban J connectivity index is 1.54. The van der Waals surface area contributed by atoms with Crippen molar-refractivity contribution in [1.29, 1.82) is 10.7 Å². The van der Waals surface area contributed by atoms with Crippen LogP contribution in [0.1, 0.15) is 42.7 Å². The molecule has 5 rings (SSSR count). The molecule has 30 heavy (non-hydrogen) atoms. The zero-order valence-electron chi connectivity index (χ0n) is 16.5. The lowest BCUT2D eigenvalue weighted by molar-refractivity contribution is 0.210. The van der Waals surface area contributed by atoms with Crippen molar-refractivity contribution < 1.29 is 9.47 Å². The minimum absolute atomic E-state index is 0.0765. The molecule has 2 aromatic carbocycles. The van der Waals surface area contributed by atoms with Crippen LogP contribution in [0.3, 0.4) is 0 Å². The predicted octanol–water partition coefficient (Wildman–Crippen LogP) is 5.04. The first kappa shape index (κ1) is 18.4. The monoisotopic (exact) mass is 398 g/mol. The Labute approximate surface area is 175 Å². The number of ether oxygens (including phenoxy) is 2. The third-order valence-corrected chi connectivity index (χ3v) is 5.95. The van der Waals surface area contributed by atoms with Crippen molar-refractivity contribution in [3.05, 3.63) is 65.7 Å². The van der Waals surface area contributed by atoms with Gasteiger partial charge in [-0.15, -0.1) is 5.10 Å². The molecule has 2 unspecified atom stereocenters. The van der Waals surface area contributed by atoms with E-state index in [1.54, 1.807) is 0 Å². The second-order valence-electron chi connectivity index (χ2n) is 7.83. The molecule has 2 aliphatic rings. The topological polar surface area (TPSA) is 94.8 Å². The van der Waals surface area contributed by atoms with Crippen molar-refractivity contribution >= 4 is 5.90 Å². The number of H-pyrrole nitrogens is 1. The van der Waals surface area contributed by atoms with Gasteiger partial charge in [-0.05, 0) is 48.9 Å². The maximum atomic E-state index is 9.84. The SMILES string of the molecule is N#CC1C(=N)Oc2n[nH]c(-c3ccccc3)c2C1c1ccc(OC2CCCC2)cc1. The second-order valence-corrected chi connectivity index (χ2v) is 7.83. The van der Waals surface area contributed by atoms with Crippen molar-refractivity contribution in [2.45, 2.75) is 37.7 Å². The number of rotatable bonds is 4. The summed E-state index contributed by atoms with van der Waals surface area (Å²) in [6, 6.07) is 20.0. The van der Waals surface area contributed by atoms with Crippen molar-refractivity contribution in [2.75, 3.05) is 0 Å². The number of nitrogens with one attached hydrogen (secondary N) is 2. The Bertz CT molecular complexity index is 1090. The van der Waals surface area contributed by atoms with E-state index in [9.17, 15) is 5.26 Å². The Morgan fingerprint density at radius 3 is 2.50 bits per heavy atom. The zero-order chi connectivity index (χ0) is 20.5. The van der Waals surface area contributed by atoms with Gasteiger partial charge in [0.15, 0.2) is 0 Å². The van der Waals surface area contributed by atoms with Crippen LogP contribution in [0.5, 0.6) is 11.6 Å². The lowest BCUT2D eigenvalue weighted by Gasteiger charge is -2.28. The molecule has 0 spiro atoms. The fourth-order valence-electron chi connectivity index (χ4n) is 4.46. The molecule has 6 nitrogen and oxygen atoms in total. The molecule has 0 bridgehead atoms. The van der Waals surface area contributed by atoms with Crippen molar-refractivity contribution in [2.24, 2.45) is 5.92 Å². The summed E-state index contributed by atoms with van der Waals surface area (Å²) in [6.07, 6.45) is 4.96. The third-order valence-electron chi connectivity index (χ3n) is 5.95. The highest BCUT2D eigenvalue weighted by molar-refractivity contribution is 5.86. The highest BCUT2D eigenvalue weighted by atomic mass is 16.5. The Hall–Kier alpha value is -3.59. The number of fused-ring (bicyclic) bond motifs is 1. The molecule has 1 aromatic heterocycles. The molecular formula is C24H22N4O2. The molecule has 1 fully saturated rings. The van der Waals surface area contributed by atoms with Crippen LogP contribution in [-0.2, 0) is 0 Å². The van der Waals surface area contributed by atoms with Gasteiger partial charge in [-0.1, -0.05) is 42.5 Å². The third kappa shape index (κ3) is 3.22. The predicted molar refractivity (Wildman–Crippen MR) is 113 cm³/mol. The van der Waals surface area contributed by atoms with Crippen LogP contribution in [0.4, 0.5) is 0 Å². The quantitative estimate of drug-likeness (QED) is 0.644. The lowest BCUT2D eigenvalue weighted by atomic mass is 9.79. The average Bonchev–Trinajstić information content (AvgIpc) is 3.44. The van der Waals surface area contributed by atoms with E-state index in [2.05, 4.69) is 16.3 Å². The molecule has 6 heteroatoms. The minimum Gasteiger partial charge on any atom is -0.490 e. The highest BCUT2D eigenvalue weighted by Crippen LogP contribution is 2.45. The van der Waals surface area contributed by atoms with E-state index in [-0.39, 0.29) is 11.8 Å². The van der Waals surface area contributed by atoms with E-state index in [1.807, 2.05) is 54.6 Å². The van der Waals surface area contributed by atoms with E-state index in [1.165, 1.54) is 12.8 Å². The highest BCUT2D eigenvalue weighted by Gasteiger charge is 2.40. The van der Waals surface area contributed by atoms with Gasteiger partial charge in [-0.3, -0.25) is 10.5 Å². The molecule has 3 aromatic rings. The van der Waals surface area contributed by atoms with Crippen LogP contribution in [0.2, 0.25) is 0 Å². The van der Waals surface area contributed by atoms with Gasteiger partial charge in [0.1, 0.15) is 11.7 Å². The molecule has 2 atom stereocenters. The van der Waals surface area contributed by atoms with Crippen LogP contribution in [0, 0.1) is 22.7 Å². The normalized spacial score (nSPS) is 21.0. The zero-order valence-corrected chi connectivity index (χ0v) is 16.5. The van der Waals surface area contributed by atoms with Crippen LogP contribution in [-0.4, -0.2) is 22.2 Å². The second kappa shape index (κ2) is 7.68. The molecule has 1 saturated carbocycles. The minimum atomic E-state index is -0.723. The Kier molecular flexibility index (Phi) is 4.72. The summed E-state index contributed by atoms with van der Waals surface area (Å²) in [7, 11) is 0. The molecule has 2 heterocycles. The first-order valence-corrected chi connectivity index (χ1v) is 10.3. The molecular weight excluding hydrogens is 376 g/mol. The molecule has 1 aliphatic heterocycles. The fraction of sp³-hybridized carbons (Fsp3) is 0.292. The molecule has 150 valence electrons. The summed E-state index contributed by atoms with van der Waals surface area (Å²) < 4.78 is 11.7. The van der Waals surface area contributed by atoms with Gasteiger partial charge in [0.2, 0.25) is 11.8 Å². The lowest BCUT2D eigenvalue weighted by Crippen LogP contribution is -2.30. The summed E-state index contributed by atoms with van der Waals surface area (Å²) in [4.78, 5) is 0. The van der Waals surface area contributed by atoms with Crippen LogP contribution >= 0.6 is 0 Å². The van der Waals surface area contributed by atoms with Gasteiger partial charge in [-0.2, -0.15) is 5.26 Å². The number of hydrogen-bond donors (Lipinski definition) is 2. The summed E-state index contributed by atoms with van der Waals surface area (Å²) in [6.45, 7) is 0. The fourth-order valence-corrected chi connectivity index (χ4v) is 4.46. The molecule has 0 radical (unpaired) electrons. The summed E-state index contributed by atoms with van der Waals surface area (Å²) in [5, 5.41) is 25.4. The van der Waals surface area contributed by atoms with E-state index in [0.717, 1.165) is 41.0 Å². The smallest absolute Gasteiger partial charge is 0.244 e. The van der Waals surface area contributed by atoms with E-state index in [4.69, 9.17) is 14.9 Å². The first-order chi connectivity index (χ1) is 14.7. The van der Waals surface area contributed by atoms with Gasteiger partial charge in [0.25, 0.3) is 0 Å². The number of nitrogens with zero attached hydrogens (tertiary/aromatic N) is 2. The number of aromatic amines is 1. The number of benzene rings is 2. The van der Waals surface area contributed by atoms with Gasteiger partial charge >= 0.3 is 0 Å². The maximum Gasteiger partial charge on any atom is 0.244 e. The number of nitriles is 1. The largest absolute Gasteiger partial charge is 0.490 e. The van der Waals surface area contributed by atoms with Gasteiger partial charge < -0.3 is 9.47 Å². The van der Waals surface area contributed by atoms with E-state index in [0.29, 0.717) is 12.0 Å². The average molecular weight is 398 g/mol. The molecule has 0 amide bonds. The van der Waals surface area contributed by atoms with Gasteiger partial charge in [0.05, 0.1) is 23.4 Å². The summed E-state index contributed by atoms with van der Waals surface area (Å²) in [5.74, 6) is 0.0610. The standard InChI is InChI=1S/C24H22N4O2/c25-14-19-20(15-10-12-18(13-11-15)29-17-8-4-5-9-17)21-22(16-6-2-1-3-7-16)27-28-24(21)30-23(19)26/h1-3,6-7,10-13,17,19-20,26H,4-5,8-9H2,(H,27,28). The van der Waals surface area contributed by atoms with Crippen LogP contribution < -0.4 is 9.47 Å². The van der Waals surface area contributed by atoms with E-state index < -0.39 is 5.92 Å².